The predicted molar refractivity (Wildman–Crippen MR) is 124 cm³/mol. The van der Waals surface area contributed by atoms with Crippen LogP contribution < -0.4 is 10.6 Å². The van der Waals surface area contributed by atoms with Gasteiger partial charge in [0, 0.05) is 35.8 Å². The zero-order valence-electron chi connectivity index (χ0n) is 17.8. The molecule has 32 heavy (non-hydrogen) atoms. The second-order valence-corrected chi connectivity index (χ2v) is 8.70. The number of aryl methyl sites for hydroxylation is 1. The van der Waals surface area contributed by atoms with E-state index in [4.69, 9.17) is 0 Å². The molecule has 2 N–H and O–H groups in total. The Morgan fingerprint density at radius 1 is 1.16 bits per heavy atom. The average molecular weight is 453 g/mol. The molecular formula is C24H25FN4O2S. The fraction of sp³-hybridized carbons (Fsp3) is 0.292. The third kappa shape index (κ3) is 5.13. The molecule has 0 bridgehead atoms. The van der Waals surface area contributed by atoms with Gasteiger partial charge in [0.05, 0.1) is 5.69 Å². The third-order valence-corrected chi connectivity index (χ3v) is 6.43. The van der Waals surface area contributed by atoms with E-state index in [1.54, 1.807) is 0 Å². The van der Waals surface area contributed by atoms with Crippen molar-refractivity contribution in [1.82, 2.24) is 15.2 Å². The smallest absolute Gasteiger partial charge is 0.319 e. The summed E-state index contributed by atoms with van der Waals surface area (Å²) in [5, 5.41) is 7.90. The number of carbonyl (C=O) groups is 2. The monoisotopic (exact) mass is 452 g/mol. The first kappa shape index (κ1) is 22.0. The van der Waals surface area contributed by atoms with Gasteiger partial charge in [-0.15, -0.1) is 11.3 Å². The summed E-state index contributed by atoms with van der Waals surface area (Å²) in [5.74, 6) is -0.458. The summed E-state index contributed by atoms with van der Waals surface area (Å²) >= 11 is 1.35. The maximum absolute atomic E-state index is 13.2. The van der Waals surface area contributed by atoms with Crippen LogP contribution in [0.1, 0.15) is 34.6 Å². The summed E-state index contributed by atoms with van der Waals surface area (Å²) in [7, 11) is 0. The fourth-order valence-corrected chi connectivity index (χ4v) is 4.65. The molecule has 3 amide bonds. The number of aromatic nitrogens is 1. The number of rotatable bonds is 5. The molecule has 6 nitrogen and oxygen atoms in total. The fourth-order valence-electron chi connectivity index (χ4n) is 3.88. The number of thiazole rings is 1. The highest BCUT2D eigenvalue weighted by molar-refractivity contribution is 7.12. The van der Waals surface area contributed by atoms with Crippen LogP contribution in [0.4, 0.5) is 14.9 Å². The number of amides is 3. The lowest BCUT2D eigenvalue weighted by atomic mass is 10.0. The molecule has 3 aromatic rings. The quantitative estimate of drug-likeness (QED) is 0.567. The van der Waals surface area contributed by atoms with Crippen LogP contribution in [-0.4, -0.2) is 41.0 Å². The van der Waals surface area contributed by atoms with E-state index in [2.05, 4.69) is 15.6 Å². The van der Waals surface area contributed by atoms with Crippen LogP contribution in [0.2, 0.25) is 0 Å². The summed E-state index contributed by atoms with van der Waals surface area (Å²) in [5.41, 5.74) is 3.45. The third-order valence-electron chi connectivity index (χ3n) is 5.60. The van der Waals surface area contributed by atoms with Crippen molar-refractivity contribution in [3.63, 3.8) is 0 Å². The molecule has 1 aromatic heterocycles. The molecule has 2 aromatic carbocycles. The number of urea groups is 1. The molecule has 1 aliphatic heterocycles. The number of benzene rings is 2. The van der Waals surface area contributed by atoms with Gasteiger partial charge in [0.2, 0.25) is 0 Å². The van der Waals surface area contributed by atoms with Crippen LogP contribution in [0.15, 0.2) is 53.9 Å². The van der Waals surface area contributed by atoms with Crippen LogP contribution in [0.3, 0.4) is 0 Å². The maximum Gasteiger partial charge on any atom is 0.319 e. The van der Waals surface area contributed by atoms with Gasteiger partial charge in [-0.3, -0.25) is 4.79 Å². The van der Waals surface area contributed by atoms with Crippen LogP contribution in [0.25, 0.3) is 11.3 Å². The number of halogens is 1. The van der Waals surface area contributed by atoms with Gasteiger partial charge in [0.15, 0.2) is 5.01 Å². The molecule has 0 spiro atoms. The van der Waals surface area contributed by atoms with Gasteiger partial charge in [-0.1, -0.05) is 24.3 Å². The van der Waals surface area contributed by atoms with Crippen molar-refractivity contribution in [2.45, 2.75) is 32.2 Å². The Labute approximate surface area is 190 Å². The molecule has 0 unspecified atom stereocenters. The minimum atomic E-state index is -0.384. The first-order valence-corrected chi connectivity index (χ1v) is 11.5. The number of nitrogens with zero attached hydrogens (tertiary/aromatic N) is 2. The molecule has 0 radical (unpaired) electrons. The molecule has 1 atom stereocenters. The number of likely N-dealkylation sites (tertiary alicyclic amines) is 1. The SMILES string of the molecule is Cc1ccccc1-c1csc(C(=O)N2CCCC[C@H]2CNC(=O)Nc2ccc(F)cc2)n1. The molecule has 2 heterocycles. The number of hydrogen-bond acceptors (Lipinski definition) is 4. The topological polar surface area (TPSA) is 74.3 Å². The van der Waals surface area contributed by atoms with Crippen LogP contribution in [0, 0.1) is 12.7 Å². The van der Waals surface area contributed by atoms with E-state index in [9.17, 15) is 14.0 Å². The lowest BCUT2D eigenvalue weighted by Gasteiger charge is -2.35. The lowest BCUT2D eigenvalue weighted by Crippen LogP contribution is -2.50. The Morgan fingerprint density at radius 3 is 2.72 bits per heavy atom. The average Bonchev–Trinajstić information content (AvgIpc) is 3.29. The summed E-state index contributed by atoms with van der Waals surface area (Å²) in [4.78, 5) is 31.9. The molecule has 0 aliphatic carbocycles. The zero-order chi connectivity index (χ0) is 22.5. The molecule has 1 saturated heterocycles. The van der Waals surface area contributed by atoms with E-state index in [-0.39, 0.29) is 23.8 Å². The maximum atomic E-state index is 13.2. The first-order chi connectivity index (χ1) is 15.5. The van der Waals surface area contributed by atoms with Crippen LogP contribution in [-0.2, 0) is 0 Å². The summed E-state index contributed by atoms with van der Waals surface area (Å²) in [6.07, 6.45) is 2.75. The minimum absolute atomic E-state index is 0.0963. The number of carbonyl (C=O) groups excluding carboxylic acids is 2. The van der Waals surface area contributed by atoms with E-state index >= 15 is 0 Å². The van der Waals surface area contributed by atoms with Gasteiger partial charge >= 0.3 is 6.03 Å². The molecular weight excluding hydrogens is 427 g/mol. The minimum Gasteiger partial charge on any atom is -0.336 e. The lowest BCUT2D eigenvalue weighted by molar-refractivity contribution is 0.0615. The molecule has 166 valence electrons. The van der Waals surface area contributed by atoms with Crippen molar-refractivity contribution in [3.05, 3.63) is 70.3 Å². The normalized spacial score (nSPS) is 15.9. The zero-order valence-corrected chi connectivity index (χ0v) is 18.6. The molecule has 4 rings (SSSR count). The highest BCUT2D eigenvalue weighted by Crippen LogP contribution is 2.27. The van der Waals surface area contributed by atoms with Gasteiger partial charge < -0.3 is 15.5 Å². The van der Waals surface area contributed by atoms with Crippen molar-refractivity contribution in [1.29, 1.82) is 0 Å². The van der Waals surface area contributed by atoms with E-state index < -0.39 is 0 Å². The standard InChI is InChI=1S/C24H25FN4O2S/c1-16-6-2-3-8-20(16)21-15-32-22(28-21)23(30)29-13-5-4-7-19(29)14-26-24(31)27-18-11-9-17(25)10-12-18/h2-3,6,8-12,15,19H,4-5,7,13-14H2,1H3,(H2,26,27,31)/t19-/m0/s1. The van der Waals surface area contributed by atoms with Crippen molar-refractivity contribution in [2.75, 3.05) is 18.4 Å². The van der Waals surface area contributed by atoms with Crippen LogP contribution in [0.5, 0.6) is 0 Å². The second-order valence-electron chi connectivity index (χ2n) is 7.84. The van der Waals surface area contributed by atoms with Crippen molar-refractivity contribution in [3.8, 4) is 11.3 Å². The number of nitrogens with one attached hydrogen (secondary N) is 2. The Kier molecular flexibility index (Phi) is 6.80. The largest absolute Gasteiger partial charge is 0.336 e. The second kappa shape index (κ2) is 9.91. The Morgan fingerprint density at radius 2 is 1.94 bits per heavy atom. The van der Waals surface area contributed by atoms with E-state index in [0.717, 1.165) is 36.1 Å². The van der Waals surface area contributed by atoms with Crippen molar-refractivity contribution in [2.24, 2.45) is 0 Å². The van der Waals surface area contributed by atoms with Crippen LogP contribution >= 0.6 is 11.3 Å². The molecule has 0 saturated carbocycles. The Hall–Kier alpha value is -3.26. The highest BCUT2D eigenvalue weighted by Gasteiger charge is 2.29. The van der Waals surface area contributed by atoms with Gasteiger partial charge in [0.1, 0.15) is 5.82 Å². The van der Waals surface area contributed by atoms with Gasteiger partial charge in [0.25, 0.3) is 5.91 Å². The Balaban J connectivity index is 1.39. The van der Waals surface area contributed by atoms with Gasteiger partial charge in [-0.25, -0.2) is 14.2 Å². The number of piperidine rings is 1. The van der Waals surface area contributed by atoms with Crippen molar-refractivity contribution < 1.29 is 14.0 Å². The van der Waals surface area contributed by atoms with E-state index in [1.807, 2.05) is 41.5 Å². The predicted octanol–water partition coefficient (Wildman–Crippen LogP) is 5.07. The van der Waals surface area contributed by atoms with Gasteiger partial charge in [-0.2, -0.15) is 0 Å². The Bertz CT molecular complexity index is 1100. The van der Waals surface area contributed by atoms with Gasteiger partial charge in [-0.05, 0) is 56.0 Å². The summed E-state index contributed by atoms with van der Waals surface area (Å²) in [6, 6.07) is 13.1. The summed E-state index contributed by atoms with van der Waals surface area (Å²) < 4.78 is 13.0. The molecule has 1 aliphatic rings. The molecule has 8 heteroatoms. The van der Waals surface area contributed by atoms with E-state index in [1.165, 1.54) is 35.6 Å². The highest BCUT2D eigenvalue weighted by atomic mass is 32.1. The number of anilines is 1. The summed E-state index contributed by atoms with van der Waals surface area (Å²) in [6.45, 7) is 3.01. The van der Waals surface area contributed by atoms with Crippen molar-refractivity contribution >= 4 is 29.0 Å². The van der Waals surface area contributed by atoms with E-state index in [0.29, 0.717) is 23.8 Å². The number of hydrogen-bond donors (Lipinski definition) is 2. The molecule has 1 fully saturated rings. The first-order valence-electron chi connectivity index (χ1n) is 10.6.